The van der Waals surface area contributed by atoms with Crippen molar-refractivity contribution in [2.75, 3.05) is 0 Å². The largest absolute Gasteiger partial charge is 3.00 e. The average Bonchev–Trinajstić information content (AvgIpc) is 2.78. The summed E-state index contributed by atoms with van der Waals surface area (Å²) < 4.78 is 0. The van der Waals surface area contributed by atoms with Gasteiger partial charge in [-0.3, -0.25) is 12.2 Å². The van der Waals surface area contributed by atoms with E-state index < -0.39 is 0 Å². The summed E-state index contributed by atoms with van der Waals surface area (Å²) in [5, 5.41) is 0. The molecular formula is C15H21Co. The Balaban J connectivity index is 0. The summed E-state index contributed by atoms with van der Waals surface area (Å²) in [6.45, 7) is 8.67. The predicted molar refractivity (Wildman–Crippen MR) is 68.0 cm³/mol. The fourth-order valence-electron chi connectivity index (χ4n) is 1.50. The van der Waals surface area contributed by atoms with Gasteiger partial charge >= 0.3 is 16.8 Å². The van der Waals surface area contributed by atoms with E-state index in [1.807, 2.05) is 12.2 Å². The van der Waals surface area contributed by atoms with E-state index in [1.165, 1.54) is 16.7 Å². The van der Waals surface area contributed by atoms with Crippen molar-refractivity contribution in [3.63, 3.8) is 0 Å². The molecule has 0 saturated carbocycles. The second-order valence-corrected chi connectivity index (χ2v) is 3.80. The first kappa shape index (κ1) is 17.8. The van der Waals surface area contributed by atoms with Crippen LogP contribution in [0.15, 0.2) is 34.9 Å². The summed E-state index contributed by atoms with van der Waals surface area (Å²) in [6.07, 6.45) is 13.4. The van der Waals surface area contributed by atoms with Crippen molar-refractivity contribution < 1.29 is 16.8 Å². The van der Waals surface area contributed by atoms with Crippen LogP contribution in [0.2, 0.25) is 0 Å². The molecule has 1 heteroatoms. The summed E-state index contributed by atoms with van der Waals surface area (Å²) in [4.78, 5) is 0. The quantitative estimate of drug-likeness (QED) is 0.563. The van der Waals surface area contributed by atoms with Gasteiger partial charge < -0.3 is 7.43 Å². The molecule has 0 N–H and O–H groups in total. The zero-order chi connectivity index (χ0) is 10.6. The molecule has 1 unspecified atom stereocenters. The molecule has 1 atom stereocenters. The maximum Gasteiger partial charge on any atom is 3.00 e. The molecule has 2 rings (SSSR count). The third kappa shape index (κ3) is 5.00. The Kier molecular flexibility index (Phi) is 9.59. The van der Waals surface area contributed by atoms with Gasteiger partial charge in [0.2, 0.25) is 0 Å². The molecule has 0 saturated heterocycles. The fraction of sp³-hybridized carbons (Fsp3) is 0.400. The minimum absolute atomic E-state index is 0. The second-order valence-electron chi connectivity index (χ2n) is 3.80. The van der Waals surface area contributed by atoms with Crippen LogP contribution in [-0.2, 0) is 16.8 Å². The third-order valence-electron chi connectivity index (χ3n) is 2.82. The van der Waals surface area contributed by atoms with Crippen molar-refractivity contribution in [2.45, 2.75) is 34.1 Å². The number of hydrogen-bond donors (Lipinski definition) is 0. The van der Waals surface area contributed by atoms with Crippen LogP contribution < -0.4 is 0 Å². The Morgan fingerprint density at radius 1 is 1.25 bits per heavy atom. The molecule has 0 heterocycles. The van der Waals surface area contributed by atoms with Crippen LogP contribution in [0, 0.1) is 25.5 Å². The molecule has 0 amide bonds. The molecule has 2 aliphatic carbocycles. The Bertz CT molecular complexity index is 306. The fourth-order valence-corrected chi connectivity index (χ4v) is 1.50. The minimum atomic E-state index is 0. The maximum absolute atomic E-state index is 3.36. The van der Waals surface area contributed by atoms with Gasteiger partial charge in [0.1, 0.15) is 0 Å². The summed E-state index contributed by atoms with van der Waals surface area (Å²) in [7, 11) is 0. The van der Waals surface area contributed by atoms with E-state index >= 15 is 0 Å². The van der Waals surface area contributed by atoms with Crippen LogP contribution in [0.5, 0.6) is 0 Å². The van der Waals surface area contributed by atoms with Gasteiger partial charge in [-0.2, -0.15) is 17.2 Å². The molecule has 0 aromatic carbocycles. The first-order valence-electron chi connectivity index (χ1n) is 5.12. The van der Waals surface area contributed by atoms with Gasteiger partial charge in [0.25, 0.3) is 0 Å². The minimum Gasteiger partial charge on any atom is -0.358 e. The van der Waals surface area contributed by atoms with Crippen molar-refractivity contribution >= 4 is 0 Å². The Hall–Kier alpha value is -0.534. The standard InChI is InChI=1S/C9H13.C5H5.CH3.Co/c1-6-5-7(2)9(4)8(6)3;1-2-4-5-3-1;;/h6H,1-4H3;1-3H,4H2;1H3;/q3*-1;+3. The van der Waals surface area contributed by atoms with Crippen LogP contribution in [-0.4, -0.2) is 0 Å². The summed E-state index contributed by atoms with van der Waals surface area (Å²) in [6, 6.07) is 0. The first-order chi connectivity index (χ1) is 6.63. The molecule has 2 aliphatic rings. The zero-order valence-electron chi connectivity index (χ0n) is 10.8. The van der Waals surface area contributed by atoms with Gasteiger partial charge in [-0.1, -0.05) is 26.7 Å². The van der Waals surface area contributed by atoms with Gasteiger partial charge in [0.15, 0.2) is 0 Å². The first-order valence-corrected chi connectivity index (χ1v) is 5.12. The molecule has 0 spiro atoms. The number of allylic oxidation sites excluding steroid dienone is 8. The van der Waals surface area contributed by atoms with Crippen LogP contribution in [0.3, 0.4) is 0 Å². The molecule has 0 nitrogen and oxygen atoms in total. The van der Waals surface area contributed by atoms with Crippen molar-refractivity contribution in [2.24, 2.45) is 5.92 Å². The Morgan fingerprint density at radius 3 is 2.00 bits per heavy atom. The van der Waals surface area contributed by atoms with Gasteiger partial charge in [-0.15, -0.1) is 13.3 Å². The van der Waals surface area contributed by atoms with Crippen LogP contribution in [0.25, 0.3) is 0 Å². The normalized spacial score (nSPS) is 20.8. The second kappa shape index (κ2) is 8.60. The van der Waals surface area contributed by atoms with E-state index in [0.717, 1.165) is 6.42 Å². The van der Waals surface area contributed by atoms with Crippen molar-refractivity contribution in [3.8, 4) is 0 Å². The van der Waals surface area contributed by atoms with E-state index in [4.69, 9.17) is 0 Å². The molecule has 0 bridgehead atoms. The zero-order valence-corrected chi connectivity index (χ0v) is 11.9. The topological polar surface area (TPSA) is 0 Å². The van der Waals surface area contributed by atoms with Gasteiger partial charge in [-0.25, -0.2) is 17.7 Å². The predicted octanol–water partition coefficient (Wildman–Crippen LogP) is 4.48. The SMILES string of the molecule is CC1=[C-]C(C)C(C)=C1C.[C-]1=CC=CC1.[CH3-].[Co+3]. The van der Waals surface area contributed by atoms with Crippen LogP contribution in [0.1, 0.15) is 34.1 Å². The molecule has 0 aromatic heterocycles. The van der Waals surface area contributed by atoms with E-state index in [9.17, 15) is 0 Å². The molecule has 90 valence electrons. The monoisotopic (exact) mass is 260 g/mol. The van der Waals surface area contributed by atoms with E-state index in [2.05, 4.69) is 45.9 Å². The van der Waals surface area contributed by atoms with Crippen molar-refractivity contribution in [1.82, 2.24) is 0 Å². The number of hydrogen-bond acceptors (Lipinski definition) is 0. The summed E-state index contributed by atoms with van der Waals surface area (Å²) >= 11 is 0. The molecule has 0 fully saturated rings. The Labute approximate surface area is 111 Å². The molecule has 0 radical (unpaired) electrons. The van der Waals surface area contributed by atoms with Crippen LogP contribution in [0.4, 0.5) is 0 Å². The van der Waals surface area contributed by atoms with E-state index in [1.54, 1.807) is 0 Å². The third-order valence-corrected chi connectivity index (χ3v) is 2.82. The van der Waals surface area contributed by atoms with E-state index in [-0.39, 0.29) is 24.2 Å². The Morgan fingerprint density at radius 2 is 1.88 bits per heavy atom. The summed E-state index contributed by atoms with van der Waals surface area (Å²) in [5.41, 5.74) is 4.25. The molecule has 16 heavy (non-hydrogen) atoms. The molecule has 0 aliphatic heterocycles. The van der Waals surface area contributed by atoms with Crippen molar-refractivity contribution in [1.29, 1.82) is 0 Å². The molecule has 0 aromatic rings. The van der Waals surface area contributed by atoms with Gasteiger partial charge in [0, 0.05) is 0 Å². The smallest absolute Gasteiger partial charge is 0.358 e. The van der Waals surface area contributed by atoms with Crippen LogP contribution >= 0.6 is 0 Å². The van der Waals surface area contributed by atoms with Crippen molar-refractivity contribution in [3.05, 3.63) is 54.5 Å². The molecular weight excluding hydrogens is 239 g/mol. The van der Waals surface area contributed by atoms with Gasteiger partial charge in [0.05, 0.1) is 0 Å². The van der Waals surface area contributed by atoms with E-state index in [0.29, 0.717) is 5.92 Å². The average molecular weight is 260 g/mol. The number of rotatable bonds is 0. The maximum atomic E-state index is 3.36. The summed E-state index contributed by atoms with van der Waals surface area (Å²) in [5.74, 6) is 0.560. The van der Waals surface area contributed by atoms with Gasteiger partial charge in [-0.05, 0) is 0 Å².